The Morgan fingerprint density at radius 3 is 2.65 bits per heavy atom. The van der Waals surface area contributed by atoms with E-state index in [1.807, 2.05) is 18.2 Å². The molecule has 0 amide bonds. The smallest absolute Gasteiger partial charge is 0.0438 e. The summed E-state index contributed by atoms with van der Waals surface area (Å²) in [5.74, 6) is 2.59. The average Bonchev–Trinajstić information content (AvgIpc) is 2.94. The first kappa shape index (κ1) is 11.9. The molecule has 4 atom stereocenters. The predicted molar refractivity (Wildman–Crippen MR) is 73.7 cm³/mol. The number of benzene rings is 1. The van der Waals surface area contributed by atoms with Gasteiger partial charge in [-0.2, -0.15) is 0 Å². The van der Waals surface area contributed by atoms with Crippen LogP contribution in [-0.2, 0) is 6.42 Å². The van der Waals surface area contributed by atoms with Gasteiger partial charge in [-0.1, -0.05) is 36.2 Å². The van der Waals surface area contributed by atoms with Gasteiger partial charge in [-0.15, -0.1) is 11.6 Å². The average molecular weight is 269 g/mol. The molecule has 0 nitrogen and oxygen atoms in total. The van der Waals surface area contributed by atoms with E-state index in [9.17, 15) is 0 Å². The normalized spacial score (nSPS) is 32.9. The lowest BCUT2D eigenvalue weighted by atomic mass is 9.84. The van der Waals surface area contributed by atoms with E-state index in [0.717, 1.165) is 29.2 Å². The Morgan fingerprint density at radius 1 is 1.18 bits per heavy atom. The lowest BCUT2D eigenvalue weighted by molar-refractivity contribution is 0.319. The Bertz CT molecular complexity index is 402. The minimum Gasteiger partial charge on any atom is -0.122 e. The molecule has 2 aliphatic carbocycles. The number of halogens is 2. The highest BCUT2D eigenvalue weighted by atomic mass is 35.5. The van der Waals surface area contributed by atoms with Gasteiger partial charge >= 0.3 is 0 Å². The van der Waals surface area contributed by atoms with Crippen LogP contribution in [0.3, 0.4) is 0 Å². The molecular formula is C15H18Cl2. The van der Waals surface area contributed by atoms with Gasteiger partial charge in [0.15, 0.2) is 0 Å². The summed E-state index contributed by atoms with van der Waals surface area (Å²) in [5, 5.41) is 1.13. The van der Waals surface area contributed by atoms with Crippen molar-refractivity contribution < 1.29 is 0 Å². The Morgan fingerprint density at radius 2 is 2.00 bits per heavy atom. The van der Waals surface area contributed by atoms with E-state index in [1.54, 1.807) is 0 Å². The predicted octanol–water partition coefficient (Wildman–Crippen LogP) is 4.93. The fourth-order valence-corrected chi connectivity index (χ4v) is 4.45. The van der Waals surface area contributed by atoms with Crippen LogP contribution in [0.5, 0.6) is 0 Å². The van der Waals surface area contributed by atoms with Gasteiger partial charge in [0.2, 0.25) is 0 Å². The van der Waals surface area contributed by atoms with Gasteiger partial charge in [0.1, 0.15) is 0 Å². The molecule has 1 aromatic carbocycles. The first-order chi connectivity index (χ1) is 8.24. The third-order valence-corrected chi connectivity index (χ3v) is 5.48. The Balaban J connectivity index is 1.68. The van der Waals surface area contributed by atoms with Gasteiger partial charge in [0.25, 0.3) is 0 Å². The van der Waals surface area contributed by atoms with E-state index in [0.29, 0.717) is 0 Å². The van der Waals surface area contributed by atoms with E-state index in [2.05, 4.69) is 6.07 Å². The van der Waals surface area contributed by atoms with Gasteiger partial charge < -0.3 is 0 Å². The van der Waals surface area contributed by atoms with E-state index in [1.165, 1.54) is 31.2 Å². The van der Waals surface area contributed by atoms with Gasteiger partial charge in [-0.25, -0.2) is 0 Å². The number of fused-ring (bicyclic) bond motifs is 2. The second-order valence-corrected chi connectivity index (χ2v) is 6.62. The van der Waals surface area contributed by atoms with Crippen LogP contribution in [0.4, 0.5) is 0 Å². The molecule has 0 spiro atoms. The minimum atomic E-state index is 0.269. The van der Waals surface area contributed by atoms with E-state index < -0.39 is 0 Å². The zero-order valence-corrected chi connectivity index (χ0v) is 11.4. The minimum absolute atomic E-state index is 0.269. The van der Waals surface area contributed by atoms with Gasteiger partial charge in [-0.3, -0.25) is 0 Å². The third-order valence-electron chi connectivity index (χ3n) is 4.63. The van der Waals surface area contributed by atoms with Crippen LogP contribution in [0.2, 0.25) is 5.02 Å². The van der Waals surface area contributed by atoms with Crippen molar-refractivity contribution in [1.29, 1.82) is 0 Å². The van der Waals surface area contributed by atoms with Gasteiger partial charge in [0, 0.05) is 10.4 Å². The molecule has 2 fully saturated rings. The highest BCUT2D eigenvalue weighted by Crippen LogP contribution is 2.51. The van der Waals surface area contributed by atoms with Crippen molar-refractivity contribution in [3.05, 3.63) is 34.9 Å². The molecule has 4 unspecified atom stereocenters. The molecule has 0 heterocycles. The van der Waals surface area contributed by atoms with Crippen molar-refractivity contribution >= 4 is 23.2 Å². The van der Waals surface area contributed by atoms with Crippen molar-refractivity contribution in [2.75, 3.05) is 0 Å². The summed E-state index contributed by atoms with van der Waals surface area (Å²) in [4.78, 5) is 0. The van der Waals surface area contributed by atoms with Crippen LogP contribution < -0.4 is 0 Å². The second-order valence-electron chi connectivity index (χ2n) is 5.65. The van der Waals surface area contributed by atoms with Crippen molar-refractivity contribution in [2.24, 2.45) is 17.8 Å². The summed E-state index contributed by atoms with van der Waals surface area (Å²) in [7, 11) is 0. The molecule has 0 saturated heterocycles. The largest absolute Gasteiger partial charge is 0.122 e. The number of hydrogen-bond acceptors (Lipinski definition) is 0. The fourth-order valence-electron chi connectivity index (χ4n) is 3.76. The maximum absolute atomic E-state index is 6.63. The van der Waals surface area contributed by atoms with Crippen LogP contribution in [0.25, 0.3) is 0 Å². The second kappa shape index (κ2) is 4.82. The molecular weight excluding hydrogens is 251 g/mol. The highest BCUT2D eigenvalue weighted by molar-refractivity contribution is 6.31. The lowest BCUT2D eigenvalue weighted by Crippen LogP contribution is -2.23. The number of rotatable bonds is 3. The summed E-state index contributed by atoms with van der Waals surface area (Å²) in [6, 6.07) is 8.09. The first-order valence-corrected chi connectivity index (χ1v) is 7.43. The molecule has 1 aromatic rings. The SMILES string of the molecule is Clc1ccccc1CC(Cl)C1CC2CCC1C2. The lowest BCUT2D eigenvalue weighted by Gasteiger charge is -2.26. The summed E-state index contributed by atoms with van der Waals surface area (Å²) >= 11 is 12.8. The maximum atomic E-state index is 6.63. The Hall–Kier alpha value is -0.200. The molecule has 2 aliphatic rings. The molecule has 2 saturated carbocycles. The molecule has 0 radical (unpaired) electrons. The zero-order chi connectivity index (χ0) is 11.8. The highest BCUT2D eigenvalue weighted by Gasteiger charge is 2.42. The van der Waals surface area contributed by atoms with Crippen LogP contribution in [0.15, 0.2) is 24.3 Å². The van der Waals surface area contributed by atoms with Crippen molar-refractivity contribution in [2.45, 2.75) is 37.5 Å². The monoisotopic (exact) mass is 268 g/mol. The van der Waals surface area contributed by atoms with E-state index in [4.69, 9.17) is 23.2 Å². The molecule has 0 aliphatic heterocycles. The molecule has 92 valence electrons. The zero-order valence-electron chi connectivity index (χ0n) is 9.91. The number of alkyl halides is 1. The topological polar surface area (TPSA) is 0 Å². The van der Waals surface area contributed by atoms with Crippen molar-refractivity contribution in [1.82, 2.24) is 0 Å². The molecule has 2 bridgehead atoms. The summed E-state index contributed by atoms with van der Waals surface area (Å²) in [6.45, 7) is 0. The van der Waals surface area contributed by atoms with E-state index >= 15 is 0 Å². The molecule has 17 heavy (non-hydrogen) atoms. The van der Waals surface area contributed by atoms with Gasteiger partial charge in [0.05, 0.1) is 0 Å². The first-order valence-electron chi connectivity index (χ1n) is 6.61. The van der Waals surface area contributed by atoms with Crippen LogP contribution >= 0.6 is 23.2 Å². The molecule has 0 aromatic heterocycles. The standard InChI is InChI=1S/C15H18Cl2/c16-14-4-2-1-3-12(14)9-15(17)13-8-10-5-6-11(13)7-10/h1-4,10-11,13,15H,5-9H2. The van der Waals surface area contributed by atoms with Gasteiger partial charge in [-0.05, 0) is 55.1 Å². The van der Waals surface area contributed by atoms with Crippen LogP contribution in [0, 0.1) is 17.8 Å². The van der Waals surface area contributed by atoms with Crippen LogP contribution in [0.1, 0.15) is 31.2 Å². The fraction of sp³-hybridized carbons (Fsp3) is 0.600. The summed E-state index contributed by atoms with van der Waals surface area (Å²) in [6.07, 6.45) is 6.55. The number of hydrogen-bond donors (Lipinski definition) is 0. The van der Waals surface area contributed by atoms with Crippen molar-refractivity contribution in [3.63, 3.8) is 0 Å². The Labute approximate surface area is 113 Å². The molecule has 0 N–H and O–H groups in total. The summed E-state index contributed by atoms with van der Waals surface area (Å²) < 4.78 is 0. The van der Waals surface area contributed by atoms with E-state index in [-0.39, 0.29) is 5.38 Å². The summed E-state index contributed by atoms with van der Waals surface area (Å²) in [5.41, 5.74) is 1.21. The maximum Gasteiger partial charge on any atom is 0.0438 e. The van der Waals surface area contributed by atoms with Crippen molar-refractivity contribution in [3.8, 4) is 0 Å². The third kappa shape index (κ3) is 2.35. The molecule has 3 rings (SSSR count). The Kier molecular flexibility index (Phi) is 3.36. The van der Waals surface area contributed by atoms with Crippen LogP contribution in [-0.4, -0.2) is 5.38 Å². The molecule has 2 heteroatoms. The quantitative estimate of drug-likeness (QED) is 0.683.